The molecule has 2 amide bonds. The van der Waals surface area contributed by atoms with E-state index in [2.05, 4.69) is 16.7 Å². The van der Waals surface area contributed by atoms with Crippen LogP contribution in [0.15, 0.2) is 0 Å². The molecule has 6 nitrogen and oxygen atoms in total. The van der Waals surface area contributed by atoms with Crippen molar-refractivity contribution in [1.82, 2.24) is 19.6 Å². The number of hydrogen-bond donors (Lipinski definition) is 0. The van der Waals surface area contributed by atoms with Crippen molar-refractivity contribution < 1.29 is 9.59 Å². The van der Waals surface area contributed by atoms with Crippen LogP contribution in [0.1, 0.15) is 26.7 Å². The molecule has 0 aliphatic carbocycles. The highest BCUT2D eigenvalue weighted by molar-refractivity contribution is 5.78. The molecule has 0 N–H and O–H groups in total. The van der Waals surface area contributed by atoms with Gasteiger partial charge < -0.3 is 9.80 Å². The summed E-state index contributed by atoms with van der Waals surface area (Å²) >= 11 is 0. The van der Waals surface area contributed by atoms with Gasteiger partial charge in [0.05, 0.1) is 0 Å². The number of hydrogen-bond acceptors (Lipinski definition) is 4. The van der Waals surface area contributed by atoms with Gasteiger partial charge in [-0.15, -0.1) is 0 Å². The van der Waals surface area contributed by atoms with Gasteiger partial charge in [0.15, 0.2) is 0 Å². The lowest BCUT2D eigenvalue weighted by atomic mass is 10.0. The van der Waals surface area contributed by atoms with Gasteiger partial charge >= 0.3 is 0 Å². The Kier molecular flexibility index (Phi) is 5.21. The fraction of sp³-hybridized carbons (Fsp3) is 0.882. The average Bonchev–Trinajstić information content (AvgIpc) is 3.11. The third kappa shape index (κ3) is 3.86. The smallest absolute Gasteiger partial charge is 0.222 e. The maximum atomic E-state index is 11.7. The number of carbonyl (C=O) groups excluding carboxylic acids is 2. The summed E-state index contributed by atoms with van der Waals surface area (Å²) in [5.74, 6) is 1.18. The third-order valence-corrected chi connectivity index (χ3v) is 5.73. The molecule has 3 rings (SSSR count). The molecule has 3 fully saturated rings. The monoisotopic (exact) mass is 322 g/mol. The molecule has 130 valence electrons. The van der Waals surface area contributed by atoms with Crippen LogP contribution in [0.4, 0.5) is 0 Å². The van der Waals surface area contributed by atoms with E-state index in [1.54, 1.807) is 6.92 Å². The van der Waals surface area contributed by atoms with Crippen LogP contribution in [0.3, 0.4) is 0 Å². The Morgan fingerprint density at radius 2 is 1.83 bits per heavy atom. The number of rotatable bonds is 4. The van der Waals surface area contributed by atoms with E-state index < -0.39 is 0 Å². The lowest BCUT2D eigenvalue weighted by Gasteiger charge is -2.39. The van der Waals surface area contributed by atoms with Crippen LogP contribution in [0, 0.1) is 5.92 Å². The van der Waals surface area contributed by atoms with E-state index in [4.69, 9.17) is 0 Å². The van der Waals surface area contributed by atoms with E-state index in [0.717, 1.165) is 71.7 Å². The number of nitrogens with zero attached hydrogens (tertiary/aromatic N) is 4. The van der Waals surface area contributed by atoms with E-state index in [0.29, 0.717) is 17.9 Å². The highest BCUT2D eigenvalue weighted by atomic mass is 16.2. The first-order chi connectivity index (χ1) is 11.0. The van der Waals surface area contributed by atoms with Gasteiger partial charge in [-0.3, -0.25) is 19.4 Å². The second-order valence-corrected chi connectivity index (χ2v) is 7.33. The van der Waals surface area contributed by atoms with Crippen molar-refractivity contribution in [2.75, 3.05) is 58.9 Å². The SMILES string of the molecule is CC(=O)N1CCN(C2CN(CCN3CCCC3=O)CC2C)CC1. The van der Waals surface area contributed by atoms with Crippen molar-refractivity contribution in [3.8, 4) is 0 Å². The molecule has 0 radical (unpaired) electrons. The van der Waals surface area contributed by atoms with Crippen molar-refractivity contribution in [3.63, 3.8) is 0 Å². The van der Waals surface area contributed by atoms with Crippen LogP contribution in [-0.4, -0.2) is 96.4 Å². The van der Waals surface area contributed by atoms with Crippen LogP contribution in [-0.2, 0) is 9.59 Å². The zero-order valence-electron chi connectivity index (χ0n) is 14.5. The summed E-state index contributed by atoms with van der Waals surface area (Å²) in [5, 5.41) is 0. The lowest BCUT2D eigenvalue weighted by molar-refractivity contribution is -0.131. The van der Waals surface area contributed by atoms with Gasteiger partial charge in [0.1, 0.15) is 0 Å². The van der Waals surface area contributed by atoms with Crippen LogP contribution >= 0.6 is 0 Å². The van der Waals surface area contributed by atoms with Crippen molar-refractivity contribution in [1.29, 1.82) is 0 Å². The molecule has 0 bridgehead atoms. The summed E-state index contributed by atoms with van der Waals surface area (Å²) in [6.45, 7) is 12.8. The van der Waals surface area contributed by atoms with Crippen LogP contribution in [0.2, 0.25) is 0 Å². The maximum absolute atomic E-state index is 11.7. The Morgan fingerprint density at radius 3 is 2.43 bits per heavy atom. The van der Waals surface area contributed by atoms with E-state index in [1.165, 1.54) is 0 Å². The highest BCUT2D eigenvalue weighted by Crippen LogP contribution is 2.23. The summed E-state index contributed by atoms with van der Waals surface area (Å²) < 4.78 is 0. The number of piperazine rings is 1. The lowest BCUT2D eigenvalue weighted by Crippen LogP contribution is -2.53. The summed E-state index contributed by atoms with van der Waals surface area (Å²) in [6, 6.07) is 0.596. The first-order valence-corrected chi connectivity index (χ1v) is 9.04. The average molecular weight is 322 g/mol. The predicted molar refractivity (Wildman–Crippen MR) is 89.0 cm³/mol. The van der Waals surface area contributed by atoms with E-state index in [1.807, 2.05) is 9.80 Å². The van der Waals surface area contributed by atoms with Gasteiger partial charge in [-0.2, -0.15) is 0 Å². The Bertz CT molecular complexity index is 448. The molecule has 0 aromatic carbocycles. The Hall–Kier alpha value is -1.14. The summed E-state index contributed by atoms with van der Waals surface area (Å²) in [6.07, 6.45) is 1.76. The Labute approximate surface area is 139 Å². The van der Waals surface area contributed by atoms with Gasteiger partial charge in [0.25, 0.3) is 0 Å². The minimum atomic E-state index is 0.195. The number of carbonyl (C=O) groups is 2. The largest absolute Gasteiger partial charge is 0.341 e. The van der Waals surface area contributed by atoms with E-state index in [9.17, 15) is 9.59 Å². The van der Waals surface area contributed by atoms with Crippen LogP contribution in [0.5, 0.6) is 0 Å². The Balaban J connectivity index is 1.45. The van der Waals surface area contributed by atoms with E-state index in [-0.39, 0.29) is 5.91 Å². The van der Waals surface area contributed by atoms with Crippen molar-refractivity contribution in [2.24, 2.45) is 5.92 Å². The predicted octanol–water partition coefficient (Wildman–Crippen LogP) is 0.0932. The van der Waals surface area contributed by atoms with Gasteiger partial charge in [0, 0.05) is 78.3 Å². The second-order valence-electron chi connectivity index (χ2n) is 7.33. The number of amides is 2. The summed E-state index contributed by atoms with van der Waals surface area (Å²) in [4.78, 5) is 32.2. The molecule has 0 aromatic heterocycles. The molecule has 23 heavy (non-hydrogen) atoms. The van der Waals surface area contributed by atoms with Crippen LogP contribution < -0.4 is 0 Å². The standard InChI is InChI=1S/C17H30N4O2/c1-14-12-18(6-7-21-5-3-4-17(21)23)13-16(14)20-10-8-19(9-11-20)15(2)22/h14,16H,3-13H2,1-2H3. The van der Waals surface area contributed by atoms with Gasteiger partial charge in [-0.25, -0.2) is 0 Å². The van der Waals surface area contributed by atoms with Crippen molar-refractivity contribution in [3.05, 3.63) is 0 Å². The molecule has 0 aromatic rings. The normalized spacial score (nSPS) is 30.4. The molecule has 3 aliphatic rings. The zero-order chi connectivity index (χ0) is 16.4. The number of likely N-dealkylation sites (tertiary alicyclic amines) is 2. The fourth-order valence-electron chi connectivity index (χ4n) is 4.28. The highest BCUT2D eigenvalue weighted by Gasteiger charge is 2.35. The van der Waals surface area contributed by atoms with Gasteiger partial charge in [-0.05, 0) is 12.3 Å². The minimum absolute atomic E-state index is 0.195. The van der Waals surface area contributed by atoms with Crippen molar-refractivity contribution in [2.45, 2.75) is 32.7 Å². The van der Waals surface area contributed by atoms with Crippen LogP contribution in [0.25, 0.3) is 0 Å². The first kappa shape index (κ1) is 16.7. The Morgan fingerprint density at radius 1 is 1.09 bits per heavy atom. The van der Waals surface area contributed by atoms with E-state index >= 15 is 0 Å². The molecule has 0 spiro atoms. The second kappa shape index (κ2) is 7.18. The van der Waals surface area contributed by atoms with Crippen molar-refractivity contribution >= 4 is 11.8 Å². The first-order valence-electron chi connectivity index (χ1n) is 9.04. The summed E-state index contributed by atoms with van der Waals surface area (Å²) in [7, 11) is 0. The molecular weight excluding hydrogens is 292 g/mol. The third-order valence-electron chi connectivity index (χ3n) is 5.73. The topological polar surface area (TPSA) is 47.1 Å². The molecule has 0 saturated carbocycles. The molecule has 2 unspecified atom stereocenters. The quantitative estimate of drug-likeness (QED) is 0.736. The molecule has 3 aliphatic heterocycles. The van der Waals surface area contributed by atoms with Gasteiger partial charge in [0.2, 0.25) is 11.8 Å². The molecule has 6 heteroatoms. The van der Waals surface area contributed by atoms with Gasteiger partial charge in [-0.1, -0.05) is 6.92 Å². The molecule has 3 heterocycles. The fourth-order valence-corrected chi connectivity index (χ4v) is 4.28. The molecular formula is C17H30N4O2. The maximum Gasteiger partial charge on any atom is 0.222 e. The minimum Gasteiger partial charge on any atom is -0.341 e. The molecule has 2 atom stereocenters. The zero-order valence-corrected chi connectivity index (χ0v) is 14.5. The summed E-state index contributed by atoms with van der Waals surface area (Å²) in [5.41, 5.74) is 0. The molecule has 3 saturated heterocycles.